The van der Waals surface area contributed by atoms with Gasteiger partial charge in [-0.3, -0.25) is 0 Å². The second kappa shape index (κ2) is 5.59. The standard InChI is InChI=1S/C12H21F2NO2/c13-11(14)7-17-10-2-1-5-12(6-10,8-16)15-9-3-4-9/h9-11,15-16H,1-8H2. The fraction of sp³-hybridized carbons (Fsp3) is 1.00. The van der Waals surface area contributed by atoms with E-state index in [2.05, 4.69) is 5.32 Å². The molecular weight excluding hydrogens is 228 g/mol. The second-order valence-corrected chi connectivity index (χ2v) is 5.30. The van der Waals surface area contributed by atoms with Gasteiger partial charge >= 0.3 is 0 Å². The van der Waals surface area contributed by atoms with Crippen molar-refractivity contribution in [2.45, 2.75) is 62.6 Å². The Morgan fingerprint density at radius 1 is 1.35 bits per heavy atom. The van der Waals surface area contributed by atoms with E-state index in [9.17, 15) is 13.9 Å². The van der Waals surface area contributed by atoms with Crippen LogP contribution in [0.3, 0.4) is 0 Å². The van der Waals surface area contributed by atoms with Crippen LogP contribution < -0.4 is 5.32 Å². The Morgan fingerprint density at radius 2 is 2.12 bits per heavy atom. The Morgan fingerprint density at radius 3 is 2.71 bits per heavy atom. The first-order valence-electron chi connectivity index (χ1n) is 6.42. The minimum atomic E-state index is -2.41. The van der Waals surface area contributed by atoms with Crippen LogP contribution >= 0.6 is 0 Å². The van der Waals surface area contributed by atoms with Crippen LogP contribution in [0.15, 0.2) is 0 Å². The van der Waals surface area contributed by atoms with Crippen LogP contribution in [0.25, 0.3) is 0 Å². The molecule has 2 saturated carbocycles. The van der Waals surface area contributed by atoms with Gasteiger partial charge in [-0.1, -0.05) is 0 Å². The van der Waals surface area contributed by atoms with Crippen LogP contribution in [0.5, 0.6) is 0 Å². The molecule has 2 N–H and O–H groups in total. The van der Waals surface area contributed by atoms with Crippen molar-refractivity contribution in [1.82, 2.24) is 5.32 Å². The average molecular weight is 249 g/mol. The summed E-state index contributed by atoms with van der Waals surface area (Å²) in [6.45, 7) is -0.423. The normalized spacial score (nSPS) is 34.2. The molecular formula is C12H21F2NO2. The lowest BCUT2D eigenvalue weighted by Gasteiger charge is -2.40. The molecule has 0 aromatic rings. The Hall–Kier alpha value is -0.260. The molecule has 2 aliphatic carbocycles. The predicted octanol–water partition coefficient (Wildman–Crippen LogP) is 1.69. The van der Waals surface area contributed by atoms with Crippen molar-refractivity contribution in [2.75, 3.05) is 13.2 Å². The van der Waals surface area contributed by atoms with Crippen molar-refractivity contribution >= 4 is 0 Å². The van der Waals surface area contributed by atoms with E-state index in [1.807, 2.05) is 0 Å². The highest BCUT2D eigenvalue weighted by Gasteiger charge is 2.40. The summed E-state index contributed by atoms with van der Waals surface area (Å²) in [6.07, 6.45) is 3.07. The molecule has 0 amide bonds. The SMILES string of the molecule is OCC1(NC2CC2)CCCC(OCC(F)F)C1. The van der Waals surface area contributed by atoms with E-state index in [-0.39, 0.29) is 18.2 Å². The zero-order chi connectivity index (χ0) is 12.3. The van der Waals surface area contributed by atoms with Gasteiger partial charge in [0, 0.05) is 11.6 Å². The van der Waals surface area contributed by atoms with Crippen molar-refractivity contribution in [3.8, 4) is 0 Å². The molecule has 2 unspecified atom stereocenters. The number of rotatable bonds is 6. The lowest BCUT2D eigenvalue weighted by molar-refractivity contribution is -0.0584. The van der Waals surface area contributed by atoms with Gasteiger partial charge in [0.25, 0.3) is 6.43 Å². The molecule has 100 valence electrons. The summed E-state index contributed by atoms with van der Waals surface area (Å²) in [6, 6.07) is 0.510. The molecule has 3 nitrogen and oxygen atoms in total. The molecule has 17 heavy (non-hydrogen) atoms. The summed E-state index contributed by atoms with van der Waals surface area (Å²) in [7, 11) is 0. The lowest BCUT2D eigenvalue weighted by atomic mass is 9.80. The lowest BCUT2D eigenvalue weighted by Crippen LogP contribution is -2.54. The Labute approximate surface area is 101 Å². The maximum Gasteiger partial charge on any atom is 0.261 e. The number of hydrogen-bond acceptors (Lipinski definition) is 3. The molecule has 5 heteroatoms. The quantitative estimate of drug-likeness (QED) is 0.752. The van der Waals surface area contributed by atoms with Crippen LogP contribution in [-0.2, 0) is 4.74 Å². The maximum absolute atomic E-state index is 12.1. The summed E-state index contributed by atoms with van der Waals surface area (Å²) in [5.74, 6) is 0. The number of ether oxygens (including phenoxy) is 1. The maximum atomic E-state index is 12.1. The Bertz CT molecular complexity index is 249. The van der Waals surface area contributed by atoms with E-state index in [0.29, 0.717) is 12.5 Å². The molecule has 0 spiro atoms. The van der Waals surface area contributed by atoms with Crippen LogP contribution in [0.2, 0.25) is 0 Å². The van der Waals surface area contributed by atoms with Crippen molar-refractivity contribution in [2.24, 2.45) is 0 Å². The zero-order valence-electron chi connectivity index (χ0n) is 10.0. The minimum Gasteiger partial charge on any atom is -0.394 e. The minimum absolute atomic E-state index is 0.0675. The number of aliphatic hydroxyl groups excluding tert-OH is 1. The van der Waals surface area contributed by atoms with Gasteiger partial charge in [-0.05, 0) is 38.5 Å². The molecule has 0 aromatic heterocycles. The summed E-state index contributed by atoms with van der Waals surface area (Å²) >= 11 is 0. The average Bonchev–Trinajstić information content (AvgIpc) is 3.11. The van der Waals surface area contributed by atoms with Gasteiger partial charge < -0.3 is 15.2 Å². The van der Waals surface area contributed by atoms with Crippen molar-refractivity contribution < 1.29 is 18.6 Å². The number of halogens is 2. The van der Waals surface area contributed by atoms with Gasteiger partial charge in [-0.2, -0.15) is 0 Å². The fourth-order valence-electron chi connectivity index (χ4n) is 2.64. The van der Waals surface area contributed by atoms with Crippen molar-refractivity contribution in [3.63, 3.8) is 0 Å². The third-order valence-corrected chi connectivity index (χ3v) is 3.65. The molecule has 2 aliphatic rings. The van der Waals surface area contributed by atoms with E-state index in [4.69, 9.17) is 4.74 Å². The molecule has 0 aromatic carbocycles. The predicted molar refractivity (Wildman–Crippen MR) is 60.2 cm³/mol. The zero-order valence-corrected chi connectivity index (χ0v) is 10.0. The number of nitrogens with one attached hydrogen (secondary N) is 1. The van der Waals surface area contributed by atoms with Crippen molar-refractivity contribution in [3.05, 3.63) is 0 Å². The van der Waals surface area contributed by atoms with E-state index in [1.165, 1.54) is 0 Å². The van der Waals surface area contributed by atoms with Gasteiger partial charge in [0.1, 0.15) is 6.61 Å². The largest absolute Gasteiger partial charge is 0.394 e. The van der Waals surface area contributed by atoms with Crippen LogP contribution in [0.4, 0.5) is 8.78 Å². The van der Waals surface area contributed by atoms with E-state index in [1.54, 1.807) is 0 Å². The molecule has 0 heterocycles. The summed E-state index contributed by atoms with van der Waals surface area (Å²) < 4.78 is 29.4. The highest BCUT2D eigenvalue weighted by atomic mass is 19.3. The van der Waals surface area contributed by atoms with Gasteiger partial charge in [0.15, 0.2) is 0 Å². The first-order valence-corrected chi connectivity index (χ1v) is 6.42. The Balaban J connectivity index is 1.84. The van der Waals surface area contributed by atoms with E-state index >= 15 is 0 Å². The van der Waals surface area contributed by atoms with Gasteiger partial charge in [0.2, 0.25) is 0 Å². The Kier molecular flexibility index (Phi) is 4.33. The van der Waals surface area contributed by atoms with Crippen LogP contribution in [0, 0.1) is 0 Å². The van der Waals surface area contributed by atoms with Crippen LogP contribution in [-0.4, -0.2) is 42.4 Å². The van der Waals surface area contributed by atoms with Crippen molar-refractivity contribution in [1.29, 1.82) is 0 Å². The molecule has 2 fully saturated rings. The number of alkyl halides is 2. The monoisotopic (exact) mass is 249 g/mol. The first-order chi connectivity index (χ1) is 8.13. The van der Waals surface area contributed by atoms with Crippen LogP contribution in [0.1, 0.15) is 38.5 Å². The van der Waals surface area contributed by atoms with E-state index in [0.717, 1.165) is 32.1 Å². The van der Waals surface area contributed by atoms with Gasteiger partial charge in [0.05, 0.1) is 12.7 Å². The molecule has 0 bridgehead atoms. The number of hydrogen-bond donors (Lipinski definition) is 2. The van der Waals surface area contributed by atoms with Gasteiger partial charge in [-0.15, -0.1) is 0 Å². The third kappa shape index (κ3) is 3.86. The highest BCUT2D eigenvalue weighted by molar-refractivity contribution is 4.99. The molecule has 0 radical (unpaired) electrons. The fourth-order valence-corrected chi connectivity index (χ4v) is 2.64. The smallest absolute Gasteiger partial charge is 0.261 e. The summed E-state index contributed by atoms with van der Waals surface area (Å²) in [4.78, 5) is 0. The van der Waals surface area contributed by atoms with E-state index < -0.39 is 13.0 Å². The first kappa shape index (κ1) is 13.2. The summed E-state index contributed by atoms with van der Waals surface area (Å²) in [5.41, 5.74) is -0.299. The molecule has 2 rings (SSSR count). The third-order valence-electron chi connectivity index (χ3n) is 3.65. The number of aliphatic hydroxyl groups is 1. The molecule has 2 atom stereocenters. The highest BCUT2D eigenvalue weighted by Crippen LogP contribution is 2.33. The second-order valence-electron chi connectivity index (χ2n) is 5.30. The van der Waals surface area contributed by atoms with Gasteiger partial charge in [-0.25, -0.2) is 8.78 Å². The topological polar surface area (TPSA) is 41.5 Å². The molecule has 0 saturated heterocycles. The molecule has 0 aliphatic heterocycles. The summed E-state index contributed by atoms with van der Waals surface area (Å²) in [5, 5.41) is 13.0.